The fourth-order valence-corrected chi connectivity index (χ4v) is 7.56. The van der Waals surface area contributed by atoms with Gasteiger partial charge in [-0.15, -0.1) is 0 Å². The van der Waals surface area contributed by atoms with Gasteiger partial charge in [0.2, 0.25) is 4.90 Å². The van der Waals surface area contributed by atoms with Gasteiger partial charge in [-0.3, -0.25) is 0 Å². The highest BCUT2D eigenvalue weighted by atomic mass is 127. The molecule has 0 fully saturated rings. The second-order valence-corrected chi connectivity index (χ2v) is 11.9. The number of ether oxygens (including phenoxy) is 1. The Hall–Kier alpha value is -1.11. The maximum Gasteiger partial charge on any atom is 0.345 e. The van der Waals surface area contributed by atoms with Gasteiger partial charge in [0.15, 0.2) is 15.5 Å². The zero-order chi connectivity index (χ0) is 21.8. The summed E-state index contributed by atoms with van der Waals surface area (Å²) < 4.78 is 8.86. The van der Waals surface area contributed by atoms with Gasteiger partial charge in [-0.2, -0.15) is 0 Å². The second kappa shape index (κ2) is 10.7. The molecule has 0 bridgehead atoms. The summed E-state index contributed by atoms with van der Waals surface area (Å²) in [5, 5.41) is 0. The molecule has 4 rings (SSSR count). The normalized spacial score (nSPS) is 10.8. The molecule has 6 heteroatoms. The van der Waals surface area contributed by atoms with Crippen LogP contribution in [0.5, 0.6) is 5.75 Å². The molecule has 0 radical (unpaired) electrons. The highest BCUT2D eigenvalue weighted by Crippen LogP contribution is 2.37. The zero-order valence-electron chi connectivity index (χ0n) is 16.1. The van der Waals surface area contributed by atoms with Crippen LogP contribution in [0.4, 0.5) is 0 Å². The number of rotatable bonds is 5. The van der Waals surface area contributed by atoms with Crippen molar-refractivity contribution in [3.8, 4) is 5.75 Å². The standard InChI is InChI=1S/C25H16I3O2S/c26-19-15-16-20(27)24(28)23(19)25(29)30-21-13-7-8-14-22(21)31(17-9-3-1-4-10-17)18-11-5-2-6-12-18/h1-16H/q+1. The lowest BCUT2D eigenvalue weighted by molar-refractivity contribution is 0.0728. The van der Waals surface area contributed by atoms with Crippen LogP contribution in [0.25, 0.3) is 0 Å². The second-order valence-electron chi connectivity index (χ2n) is 6.49. The van der Waals surface area contributed by atoms with E-state index in [0.29, 0.717) is 11.3 Å². The molecule has 0 aliphatic heterocycles. The minimum Gasteiger partial charge on any atom is -0.417 e. The van der Waals surface area contributed by atoms with Gasteiger partial charge < -0.3 is 4.74 Å². The first kappa shape index (κ1) is 23.1. The van der Waals surface area contributed by atoms with Crippen LogP contribution in [0.15, 0.2) is 112 Å². The van der Waals surface area contributed by atoms with Crippen molar-refractivity contribution in [2.24, 2.45) is 0 Å². The summed E-state index contributed by atoms with van der Waals surface area (Å²) in [5.74, 6) is 0.262. The predicted molar refractivity (Wildman–Crippen MR) is 151 cm³/mol. The van der Waals surface area contributed by atoms with Gasteiger partial charge in [0.1, 0.15) is 10.9 Å². The third-order valence-electron chi connectivity index (χ3n) is 4.48. The summed E-state index contributed by atoms with van der Waals surface area (Å²) in [6.07, 6.45) is 0. The Labute approximate surface area is 225 Å². The largest absolute Gasteiger partial charge is 0.417 e. The Kier molecular flexibility index (Phi) is 7.94. The predicted octanol–water partition coefficient (Wildman–Crippen LogP) is 7.82. The van der Waals surface area contributed by atoms with Crippen molar-refractivity contribution in [1.82, 2.24) is 0 Å². The van der Waals surface area contributed by atoms with Crippen molar-refractivity contribution in [1.29, 1.82) is 0 Å². The summed E-state index contributed by atoms with van der Waals surface area (Å²) in [6.45, 7) is 0. The first-order chi connectivity index (χ1) is 15.1. The molecule has 154 valence electrons. The van der Waals surface area contributed by atoms with Gasteiger partial charge in [0.05, 0.1) is 5.56 Å². The van der Waals surface area contributed by atoms with Crippen molar-refractivity contribution < 1.29 is 9.53 Å². The van der Waals surface area contributed by atoms with Crippen LogP contribution in [0.1, 0.15) is 10.4 Å². The van der Waals surface area contributed by atoms with E-state index in [1.165, 1.54) is 9.79 Å². The fraction of sp³-hybridized carbons (Fsp3) is 0. The van der Waals surface area contributed by atoms with E-state index in [1.54, 1.807) is 0 Å². The molecule has 0 amide bonds. The molecule has 0 aliphatic rings. The molecule has 2 nitrogen and oxygen atoms in total. The van der Waals surface area contributed by atoms with Crippen molar-refractivity contribution in [3.05, 3.63) is 113 Å². The maximum absolute atomic E-state index is 13.2. The molecule has 0 atom stereocenters. The molecule has 0 aromatic heterocycles. The molecule has 0 spiro atoms. The summed E-state index contributed by atoms with van der Waals surface area (Å²) >= 11 is 6.66. The molecule has 0 aliphatic carbocycles. The fourth-order valence-electron chi connectivity index (χ4n) is 3.07. The van der Waals surface area contributed by atoms with Crippen LogP contribution in [-0.2, 0) is 10.9 Å². The first-order valence-electron chi connectivity index (χ1n) is 9.35. The summed E-state index contributed by atoms with van der Waals surface area (Å²) in [5.41, 5.74) is 0.613. The SMILES string of the molecule is O=C(Oc1ccccc1[S+](c1ccccc1)c1ccccc1)c1c(I)ccc(I)c1I. The topological polar surface area (TPSA) is 26.3 Å². The number of carbonyl (C=O) groups is 1. The van der Waals surface area contributed by atoms with E-state index in [0.717, 1.165) is 15.6 Å². The lowest BCUT2D eigenvalue weighted by Crippen LogP contribution is -2.15. The molecular weight excluding hydrogens is 745 g/mol. The number of hydrogen-bond donors (Lipinski definition) is 0. The van der Waals surface area contributed by atoms with E-state index in [-0.39, 0.29) is 5.97 Å². The molecular formula is C25H16I3O2S+. The van der Waals surface area contributed by atoms with Crippen LogP contribution in [0, 0.1) is 10.7 Å². The molecule has 0 saturated carbocycles. The maximum atomic E-state index is 13.2. The van der Waals surface area contributed by atoms with Crippen LogP contribution >= 0.6 is 67.8 Å². The van der Waals surface area contributed by atoms with E-state index < -0.39 is 10.9 Å². The van der Waals surface area contributed by atoms with Gasteiger partial charge in [-0.1, -0.05) is 48.5 Å². The summed E-state index contributed by atoms with van der Waals surface area (Å²) in [6, 6.07) is 32.5. The van der Waals surface area contributed by atoms with Crippen molar-refractivity contribution in [2.75, 3.05) is 0 Å². The number of esters is 1. The summed E-state index contributed by atoms with van der Waals surface area (Å²) in [4.78, 5) is 16.6. The summed E-state index contributed by atoms with van der Waals surface area (Å²) in [7, 11) is -0.397. The van der Waals surface area contributed by atoms with Gasteiger partial charge in [0, 0.05) is 10.7 Å². The minimum atomic E-state index is -0.397. The first-order valence-corrected chi connectivity index (χ1v) is 13.8. The number of hydrogen-bond acceptors (Lipinski definition) is 2. The number of halogens is 3. The van der Waals surface area contributed by atoms with E-state index in [1.807, 2.05) is 66.7 Å². The number of para-hydroxylation sites is 1. The molecule has 0 N–H and O–H groups in total. The van der Waals surface area contributed by atoms with Gasteiger partial charge in [-0.25, -0.2) is 4.79 Å². The van der Waals surface area contributed by atoms with E-state index in [4.69, 9.17) is 4.74 Å². The van der Waals surface area contributed by atoms with Crippen molar-refractivity contribution in [3.63, 3.8) is 0 Å². The highest BCUT2D eigenvalue weighted by molar-refractivity contribution is 14.1. The van der Waals surface area contributed by atoms with Gasteiger partial charge in [-0.05, 0) is 116 Å². The van der Waals surface area contributed by atoms with Gasteiger partial charge >= 0.3 is 5.97 Å². The highest BCUT2D eigenvalue weighted by Gasteiger charge is 2.33. The lowest BCUT2D eigenvalue weighted by Gasteiger charge is -2.13. The minimum absolute atomic E-state index is 0.329. The monoisotopic (exact) mass is 761 g/mol. The third kappa shape index (κ3) is 5.28. The quantitative estimate of drug-likeness (QED) is 0.0683. The molecule has 0 unspecified atom stereocenters. The van der Waals surface area contributed by atoms with E-state index >= 15 is 0 Å². The Balaban J connectivity index is 1.79. The van der Waals surface area contributed by atoms with E-state index in [9.17, 15) is 4.79 Å². The van der Waals surface area contributed by atoms with E-state index in [2.05, 4.69) is 98.1 Å². The molecule has 4 aromatic rings. The zero-order valence-corrected chi connectivity index (χ0v) is 23.4. The average Bonchev–Trinajstić information content (AvgIpc) is 2.79. The van der Waals surface area contributed by atoms with Crippen LogP contribution in [0.3, 0.4) is 0 Å². The Bertz CT molecular complexity index is 1170. The van der Waals surface area contributed by atoms with Crippen LogP contribution in [0.2, 0.25) is 0 Å². The van der Waals surface area contributed by atoms with Crippen LogP contribution < -0.4 is 4.74 Å². The number of carbonyl (C=O) groups excluding carboxylic acids is 1. The van der Waals surface area contributed by atoms with Gasteiger partial charge in [0.25, 0.3) is 0 Å². The Morgan fingerprint density at radius 2 is 1.16 bits per heavy atom. The molecule has 0 heterocycles. The average molecular weight is 761 g/mol. The Morgan fingerprint density at radius 1 is 0.645 bits per heavy atom. The Morgan fingerprint density at radius 3 is 1.77 bits per heavy atom. The lowest BCUT2D eigenvalue weighted by atomic mass is 10.2. The van der Waals surface area contributed by atoms with Crippen LogP contribution in [-0.4, -0.2) is 5.97 Å². The smallest absolute Gasteiger partial charge is 0.345 e. The number of benzene rings is 4. The molecule has 0 saturated heterocycles. The molecule has 4 aromatic carbocycles. The third-order valence-corrected chi connectivity index (χ3v) is 10.7. The van der Waals surface area contributed by atoms with Crippen molar-refractivity contribution >= 4 is 84.6 Å². The molecule has 31 heavy (non-hydrogen) atoms. The van der Waals surface area contributed by atoms with Crippen molar-refractivity contribution in [2.45, 2.75) is 14.7 Å².